The van der Waals surface area contributed by atoms with E-state index in [1.54, 1.807) is 35.2 Å². The molecule has 0 spiro atoms. The van der Waals surface area contributed by atoms with Gasteiger partial charge in [0.25, 0.3) is 0 Å². The quantitative estimate of drug-likeness (QED) is 0.880. The van der Waals surface area contributed by atoms with Gasteiger partial charge in [0, 0.05) is 26.0 Å². The number of rotatable bonds is 4. The van der Waals surface area contributed by atoms with Crippen LogP contribution in [0.1, 0.15) is 22.1 Å². The second-order valence-corrected chi connectivity index (χ2v) is 7.32. The largest absolute Gasteiger partial charge is 0.350 e. The number of nitrogens with zero attached hydrogens (tertiary/aromatic N) is 5. The van der Waals surface area contributed by atoms with Crippen LogP contribution in [0.2, 0.25) is 0 Å². The van der Waals surface area contributed by atoms with Crippen molar-refractivity contribution in [2.45, 2.75) is 33.0 Å². The molecule has 3 amide bonds. The summed E-state index contributed by atoms with van der Waals surface area (Å²) in [5.41, 5.74) is 2.58. The van der Waals surface area contributed by atoms with Gasteiger partial charge in [0.1, 0.15) is 0 Å². The first-order valence-electron chi connectivity index (χ1n) is 8.12. The van der Waals surface area contributed by atoms with Crippen molar-refractivity contribution in [3.63, 3.8) is 0 Å². The van der Waals surface area contributed by atoms with E-state index in [1.807, 2.05) is 23.1 Å². The molecule has 0 aromatic carbocycles. The average molecular weight is 362 g/mol. The summed E-state index contributed by atoms with van der Waals surface area (Å²) in [5.74, 6) is -0.0688. The van der Waals surface area contributed by atoms with Gasteiger partial charge in [0.2, 0.25) is 5.91 Å². The fourth-order valence-electron chi connectivity index (χ4n) is 2.76. The first kappa shape index (κ1) is 17.4. The molecule has 3 rings (SSSR count). The van der Waals surface area contributed by atoms with Crippen molar-refractivity contribution in [1.29, 1.82) is 0 Å². The third-order valence-electron chi connectivity index (χ3n) is 3.98. The van der Waals surface area contributed by atoms with Gasteiger partial charge >= 0.3 is 6.03 Å². The van der Waals surface area contributed by atoms with Crippen LogP contribution in [0.25, 0.3) is 0 Å². The lowest BCUT2D eigenvalue weighted by molar-refractivity contribution is -0.120. The van der Waals surface area contributed by atoms with Gasteiger partial charge in [0.15, 0.2) is 0 Å². The average Bonchev–Trinajstić information content (AvgIpc) is 3.16. The molecule has 2 aromatic heterocycles. The van der Waals surface area contributed by atoms with Crippen LogP contribution in [0.5, 0.6) is 0 Å². The van der Waals surface area contributed by atoms with Gasteiger partial charge in [-0.25, -0.2) is 9.78 Å². The van der Waals surface area contributed by atoms with E-state index in [2.05, 4.69) is 15.4 Å². The molecule has 0 bridgehead atoms. The highest BCUT2D eigenvalue weighted by Crippen LogP contribution is 2.15. The summed E-state index contributed by atoms with van der Waals surface area (Å²) in [6, 6.07) is 1.95. The number of fused-ring (bicyclic) bond motifs is 1. The molecule has 0 unspecified atom stereocenters. The Hall–Kier alpha value is -2.42. The van der Waals surface area contributed by atoms with Crippen LogP contribution >= 0.6 is 11.3 Å². The SMILES string of the molecule is Cc1nc(CC(=O)NCc2cc3n(n2)CCN(C(=O)N(C)C)C3)cs1. The van der Waals surface area contributed by atoms with Crippen LogP contribution in [0.3, 0.4) is 0 Å². The maximum absolute atomic E-state index is 12.1. The molecule has 0 atom stereocenters. The highest BCUT2D eigenvalue weighted by atomic mass is 32.1. The molecule has 0 saturated heterocycles. The van der Waals surface area contributed by atoms with E-state index < -0.39 is 0 Å². The number of hydrogen-bond donors (Lipinski definition) is 1. The normalized spacial score (nSPS) is 13.5. The summed E-state index contributed by atoms with van der Waals surface area (Å²) in [7, 11) is 3.50. The fraction of sp³-hybridized carbons (Fsp3) is 0.500. The van der Waals surface area contributed by atoms with E-state index in [0.717, 1.165) is 22.1 Å². The van der Waals surface area contributed by atoms with Crippen molar-refractivity contribution in [2.75, 3.05) is 20.6 Å². The van der Waals surface area contributed by atoms with E-state index in [9.17, 15) is 9.59 Å². The van der Waals surface area contributed by atoms with Crippen molar-refractivity contribution in [3.05, 3.63) is 33.5 Å². The number of urea groups is 1. The third-order valence-corrected chi connectivity index (χ3v) is 4.80. The summed E-state index contributed by atoms with van der Waals surface area (Å²) in [6.45, 7) is 4.15. The number of amides is 3. The Kier molecular flexibility index (Phi) is 5.03. The molecule has 134 valence electrons. The molecule has 9 heteroatoms. The molecular weight excluding hydrogens is 340 g/mol. The predicted octanol–water partition coefficient (Wildman–Crippen LogP) is 1.00. The Labute approximate surface area is 150 Å². The molecular formula is C16H22N6O2S. The predicted molar refractivity (Wildman–Crippen MR) is 94.1 cm³/mol. The Bertz CT molecular complexity index is 781. The lowest BCUT2D eigenvalue weighted by Crippen LogP contribution is -2.43. The molecule has 0 fully saturated rings. The van der Waals surface area contributed by atoms with E-state index in [-0.39, 0.29) is 18.4 Å². The van der Waals surface area contributed by atoms with E-state index >= 15 is 0 Å². The molecule has 0 radical (unpaired) electrons. The highest BCUT2D eigenvalue weighted by molar-refractivity contribution is 7.09. The molecule has 1 aliphatic rings. The molecule has 0 aliphatic carbocycles. The van der Waals surface area contributed by atoms with Crippen LogP contribution < -0.4 is 5.32 Å². The van der Waals surface area contributed by atoms with E-state index in [4.69, 9.17) is 0 Å². The summed E-state index contributed by atoms with van der Waals surface area (Å²) in [5, 5.41) is 10.3. The lowest BCUT2D eigenvalue weighted by atomic mass is 10.2. The fourth-order valence-corrected chi connectivity index (χ4v) is 3.38. The molecule has 3 heterocycles. The molecule has 25 heavy (non-hydrogen) atoms. The lowest BCUT2D eigenvalue weighted by Gasteiger charge is -2.29. The topological polar surface area (TPSA) is 83.4 Å². The van der Waals surface area contributed by atoms with Crippen molar-refractivity contribution >= 4 is 23.3 Å². The van der Waals surface area contributed by atoms with Crippen LogP contribution in [0.15, 0.2) is 11.4 Å². The van der Waals surface area contributed by atoms with Crippen molar-refractivity contribution < 1.29 is 9.59 Å². The monoisotopic (exact) mass is 362 g/mol. The first-order valence-corrected chi connectivity index (χ1v) is 9.00. The molecule has 0 saturated carbocycles. The zero-order chi connectivity index (χ0) is 18.0. The highest BCUT2D eigenvalue weighted by Gasteiger charge is 2.23. The summed E-state index contributed by atoms with van der Waals surface area (Å²) in [6.07, 6.45) is 0.281. The van der Waals surface area contributed by atoms with Gasteiger partial charge < -0.3 is 15.1 Å². The zero-order valence-electron chi connectivity index (χ0n) is 14.7. The number of aryl methyl sites for hydroxylation is 1. The van der Waals surface area contributed by atoms with Crippen LogP contribution in [0, 0.1) is 6.92 Å². The molecule has 1 aliphatic heterocycles. The molecule has 1 N–H and O–H groups in total. The van der Waals surface area contributed by atoms with Gasteiger partial charge in [-0.2, -0.15) is 5.10 Å². The van der Waals surface area contributed by atoms with Crippen molar-refractivity contribution in [1.82, 2.24) is 29.9 Å². The maximum atomic E-state index is 12.1. The Morgan fingerprint density at radius 2 is 2.12 bits per heavy atom. The van der Waals surface area contributed by atoms with Gasteiger partial charge in [-0.05, 0) is 13.0 Å². The minimum absolute atomic E-state index is 0.000796. The summed E-state index contributed by atoms with van der Waals surface area (Å²) >= 11 is 1.54. The summed E-state index contributed by atoms with van der Waals surface area (Å²) in [4.78, 5) is 31.7. The Morgan fingerprint density at radius 3 is 2.80 bits per heavy atom. The number of carbonyl (C=O) groups is 2. The van der Waals surface area contributed by atoms with Gasteiger partial charge in [0.05, 0.1) is 48.1 Å². The van der Waals surface area contributed by atoms with Crippen LogP contribution in [-0.2, 0) is 30.8 Å². The number of thiazole rings is 1. The standard InChI is InChI=1S/C16H22N6O2S/c1-11-18-13(10-25-11)7-15(23)17-8-12-6-14-9-21(16(24)20(2)3)4-5-22(14)19-12/h6,10H,4-5,7-9H2,1-3H3,(H,17,23). The second-order valence-electron chi connectivity index (χ2n) is 6.26. The van der Waals surface area contributed by atoms with Crippen LogP contribution in [-0.4, -0.2) is 57.1 Å². The second kappa shape index (κ2) is 7.22. The van der Waals surface area contributed by atoms with Gasteiger partial charge in [-0.15, -0.1) is 11.3 Å². The van der Waals surface area contributed by atoms with Gasteiger partial charge in [-0.1, -0.05) is 0 Å². The molecule has 8 nitrogen and oxygen atoms in total. The zero-order valence-corrected chi connectivity index (χ0v) is 15.5. The molecule has 2 aromatic rings. The van der Waals surface area contributed by atoms with Crippen molar-refractivity contribution in [2.24, 2.45) is 0 Å². The third kappa shape index (κ3) is 4.16. The first-order chi connectivity index (χ1) is 11.9. The minimum atomic E-state index is -0.0688. The van der Waals surface area contributed by atoms with Gasteiger partial charge in [-0.3, -0.25) is 9.48 Å². The van der Waals surface area contributed by atoms with E-state index in [1.165, 1.54) is 0 Å². The Balaban J connectivity index is 1.55. The number of nitrogens with one attached hydrogen (secondary N) is 1. The minimum Gasteiger partial charge on any atom is -0.350 e. The number of carbonyl (C=O) groups excluding carboxylic acids is 2. The maximum Gasteiger partial charge on any atom is 0.319 e. The number of hydrogen-bond acceptors (Lipinski definition) is 5. The van der Waals surface area contributed by atoms with E-state index in [0.29, 0.717) is 26.2 Å². The van der Waals surface area contributed by atoms with Crippen molar-refractivity contribution in [3.8, 4) is 0 Å². The summed E-state index contributed by atoms with van der Waals surface area (Å²) < 4.78 is 1.91. The number of aromatic nitrogens is 3. The Morgan fingerprint density at radius 1 is 1.32 bits per heavy atom. The smallest absolute Gasteiger partial charge is 0.319 e. The van der Waals surface area contributed by atoms with Crippen LogP contribution in [0.4, 0.5) is 4.79 Å².